The molecule has 1 N–H and O–H groups in total. The van der Waals surface area contributed by atoms with Gasteiger partial charge < -0.3 is 5.32 Å². The molecular formula is C13H15BrClN3. The summed E-state index contributed by atoms with van der Waals surface area (Å²) in [7, 11) is 1.91. The van der Waals surface area contributed by atoms with Crippen LogP contribution in [0.5, 0.6) is 0 Å². The maximum Gasteiger partial charge on any atom is 0.0743 e. The van der Waals surface area contributed by atoms with Gasteiger partial charge in [0.15, 0.2) is 0 Å². The van der Waals surface area contributed by atoms with Crippen LogP contribution in [0.25, 0.3) is 5.69 Å². The van der Waals surface area contributed by atoms with Gasteiger partial charge in [0.05, 0.1) is 21.5 Å². The van der Waals surface area contributed by atoms with Crippen LogP contribution in [-0.2, 0) is 6.54 Å². The summed E-state index contributed by atoms with van der Waals surface area (Å²) in [5.74, 6) is 0. The molecule has 2 aromatic rings. The quantitative estimate of drug-likeness (QED) is 0.932. The molecule has 0 spiro atoms. The number of halogens is 2. The van der Waals surface area contributed by atoms with Gasteiger partial charge in [0.2, 0.25) is 0 Å². The van der Waals surface area contributed by atoms with Gasteiger partial charge in [0.25, 0.3) is 0 Å². The summed E-state index contributed by atoms with van der Waals surface area (Å²) >= 11 is 9.79. The van der Waals surface area contributed by atoms with Crippen molar-refractivity contribution in [2.75, 3.05) is 7.05 Å². The van der Waals surface area contributed by atoms with Gasteiger partial charge in [0.1, 0.15) is 0 Å². The molecule has 0 aliphatic heterocycles. The van der Waals surface area contributed by atoms with E-state index in [-0.39, 0.29) is 0 Å². The van der Waals surface area contributed by atoms with E-state index in [9.17, 15) is 0 Å². The molecule has 0 fully saturated rings. The lowest BCUT2D eigenvalue weighted by molar-refractivity contribution is 0.810. The molecule has 1 aromatic carbocycles. The molecule has 5 heteroatoms. The zero-order valence-corrected chi connectivity index (χ0v) is 12.9. The minimum atomic E-state index is 0.755. The monoisotopic (exact) mass is 327 g/mol. The predicted octanol–water partition coefficient (Wildman–Crippen LogP) is 3.62. The highest BCUT2D eigenvalue weighted by molar-refractivity contribution is 9.10. The van der Waals surface area contributed by atoms with Crippen LogP contribution in [0.2, 0.25) is 5.02 Å². The molecular weight excluding hydrogens is 314 g/mol. The predicted molar refractivity (Wildman–Crippen MR) is 78.5 cm³/mol. The first-order chi connectivity index (χ1) is 8.54. The molecule has 3 nitrogen and oxygen atoms in total. The zero-order chi connectivity index (χ0) is 13.3. The Morgan fingerprint density at radius 2 is 2.11 bits per heavy atom. The van der Waals surface area contributed by atoms with E-state index in [0.717, 1.165) is 38.7 Å². The van der Waals surface area contributed by atoms with Crippen LogP contribution in [0.1, 0.15) is 17.0 Å². The van der Waals surface area contributed by atoms with Gasteiger partial charge in [0, 0.05) is 11.6 Å². The Morgan fingerprint density at radius 1 is 1.39 bits per heavy atom. The number of rotatable bonds is 3. The Bertz CT molecular complexity index is 578. The molecule has 1 aromatic heterocycles. The van der Waals surface area contributed by atoms with E-state index in [2.05, 4.69) is 26.3 Å². The van der Waals surface area contributed by atoms with Crippen LogP contribution in [0.3, 0.4) is 0 Å². The van der Waals surface area contributed by atoms with E-state index >= 15 is 0 Å². The lowest BCUT2D eigenvalue weighted by atomic mass is 10.2. The Hall–Kier alpha value is -0.840. The summed E-state index contributed by atoms with van der Waals surface area (Å²) < 4.78 is 2.94. The van der Waals surface area contributed by atoms with Crippen molar-refractivity contribution in [1.82, 2.24) is 15.1 Å². The topological polar surface area (TPSA) is 29.9 Å². The van der Waals surface area contributed by atoms with E-state index in [1.165, 1.54) is 0 Å². The molecule has 0 amide bonds. The Kier molecular flexibility index (Phi) is 4.10. The van der Waals surface area contributed by atoms with E-state index in [4.69, 9.17) is 11.6 Å². The average molecular weight is 329 g/mol. The molecule has 1 heterocycles. The Labute approximate surface area is 120 Å². The summed E-state index contributed by atoms with van der Waals surface area (Å²) in [5, 5.41) is 8.34. The number of benzene rings is 1. The average Bonchev–Trinajstić information content (AvgIpc) is 2.60. The largest absolute Gasteiger partial charge is 0.316 e. The highest BCUT2D eigenvalue weighted by atomic mass is 79.9. The van der Waals surface area contributed by atoms with Gasteiger partial charge in [-0.15, -0.1) is 0 Å². The lowest BCUT2D eigenvalue weighted by Gasteiger charge is -2.08. The number of hydrogen-bond acceptors (Lipinski definition) is 2. The van der Waals surface area contributed by atoms with Crippen molar-refractivity contribution in [1.29, 1.82) is 0 Å². The van der Waals surface area contributed by atoms with Crippen LogP contribution in [0.15, 0.2) is 22.7 Å². The van der Waals surface area contributed by atoms with Crippen LogP contribution < -0.4 is 5.32 Å². The van der Waals surface area contributed by atoms with Gasteiger partial charge in [-0.25, -0.2) is 4.68 Å². The number of nitrogens with one attached hydrogen (secondary N) is 1. The van der Waals surface area contributed by atoms with E-state index < -0.39 is 0 Å². The fourth-order valence-corrected chi connectivity index (χ4v) is 2.37. The molecule has 18 heavy (non-hydrogen) atoms. The first kappa shape index (κ1) is 13.6. The number of hydrogen-bond donors (Lipinski definition) is 1. The zero-order valence-electron chi connectivity index (χ0n) is 10.6. The van der Waals surface area contributed by atoms with Gasteiger partial charge in [-0.1, -0.05) is 17.7 Å². The summed E-state index contributed by atoms with van der Waals surface area (Å²) in [6.07, 6.45) is 0. The number of aryl methyl sites for hydroxylation is 1. The smallest absolute Gasteiger partial charge is 0.0743 e. The summed E-state index contributed by atoms with van der Waals surface area (Å²) in [6, 6.07) is 6.00. The standard InChI is InChI=1S/C13H15BrClN3/c1-8-13(14)9(2)18(17-8)11-5-4-10(7-16-3)12(15)6-11/h4-6,16H,7H2,1-3H3. The van der Waals surface area contributed by atoms with Crippen LogP contribution in [0, 0.1) is 13.8 Å². The second-order valence-corrected chi connectivity index (χ2v) is 5.40. The van der Waals surface area contributed by atoms with Gasteiger partial charge in [-0.05, 0) is 54.5 Å². The fraction of sp³-hybridized carbons (Fsp3) is 0.308. The van der Waals surface area contributed by atoms with Gasteiger partial charge in [-0.3, -0.25) is 0 Å². The molecule has 0 atom stereocenters. The molecule has 0 saturated heterocycles. The number of nitrogens with zero attached hydrogens (tertiary/aromatic N) is 2. The first-order valence-electron chi connectivity index (χ1n) is 5.69. The minimum absolute atomic E-state index is 0.755. The van der Waals surface area contributed by atoms with Crippen molar-refractivity contribution in [2.24, 2.45) is 0 Å². The van der Waals surface area contributed by atoms with Gasteiger partial charge in [-0.2, -0.15) is 5.10 Å². The Balaban J connectivity index is 2.45. The van der Waals surface area contributed by atoms with E-state index in [0.29, 0.717) is 0 Å². The lowest BCUT2D eigenvalue weighted by Crippen LogP contribution is -2.06. The minimum Gasteiger partial charge on any atom is -0.316 e. The van der Waals surface area contributed by atoms with Crippen molar-refractivity contribution in [3.05, 3.63) is 44.6 Å². The van der Waals surface area contributed by atoms with Gasteiger partial charge >= 0.3 is 0 Å². The third-order valence-electron chi connectivity index (χ3n) is 2.85. The molecule has 2 rings (SSSR count). The highest BCUT2D eigenvalue weighted by Crippen LogP contribution is 2.25. The molecule has 0 aliphatic rings. The molecule has 0 saturated carbocycles. The maximum atomic E-state index is 6.26. The normalized spacial score (nSPS) is 10.9. The molecule has 0 unspecified atom stereocenters. The second-order valence-electron chi connectivity index (χ2n) is 4.20. The van der Waals surface area contributed by atoms with Crippen molar-refractivity contribution in [2.45, 2.75) is 20.4 Å². The van der Waals surface area contributed by atoms with Crippen LogP contribution >= 0.6 is 27.5 Å². The van der Waals surface area contributed by atoms with Crippen LogP contribution in [0.4, 0.5) is 0 Å². The molecule has 96 valence electrons. The maximum absolute atomic E-state index is 6.26. The van der Waals surface area contributed by atoms with Crippen molar-refractivity contribution in [3.63, 3.8) is 0 Å². The van der Waals surface area contributed by atoms with E-state index in [1.54, 1.807) is 0 Å². The first-order valence-corrected chi connectivity index (χ1v) is 6.86. The fourth-order valence-electron chi connectivity index (χ4n) is 1.88. The van der Waals surface area contributed by atoms with Crippen molar-refractivity contribution in [3.8, 4) is 5.69 Å². The number of aromatic nitrogens is 2. The third-order valence-corrected chi connectivity index (χ3v) is 4.35. The van der Waals surface area contributed by atoms with Crippen molar-refractivity contribution < 1.29 is 0 Å². The van der Waals surface area contributed by atoms with E-state index in [1.807, 2.05) is 43.8 Å². The second kappa shape index (κ2) is 5.43. The summed E-state index contributed by atoms with van der Waals surface area (Å²) in [4.78, 5) is 0. The molecule has 0 aliphatic carbocycles. The third kappa shape index (κ3) is 2.46. The Morgan fingerprint density at radius 3 is 2.61 bits per heavy atom. The van der Waals surface area contributed by atoms with Crippen molar-refractivity contribution >= 4 is 27.5 Å². The van der Waals surface area contributed by atoms with Crippen LogP contribution in [-0.4, -0.2) is 16.8 Å². The molecule has 0 bridgehead atoms. The summed E-state index contributed by atoms with van der Waals surface area (Å²) in [6.45, 7) is 4.77. The SMILES string of the molecule is CNCc1ccc(-n2nc(C)c(Br)c2C)cc1Cl. The molecule has 0 radical (unpaired) electrons. The highest BCUT2D eigenvalue weighted by Gasteiger charge is 2.11. The summed E-state index contributed by atoms with van der Waals surface area (Å²) in [5.41, 5.74) is 4.11.